The third kappa shape index (κ3) is 14.6. The molecule has 0 bridgehead atoms. The highest BCUT2D eigenvalue weighted by Crippen LogP contribution is 2.29. The van der Waals surface area contributed by atoms with Gasteiger partial charge in [-0.2, -0.15) is 5.10 Å². The summed E-state index contributed by atoms with van der Waals surface area (Å²) in [4.78, 5) is 30.5. The van der Waals surface area contributed by atoms with E-state index in [1.54, 1.807) is 4.90 Å². The molecule has 294 valence electrons. The molecule has 14 heteroatoms. The molecule has 1 N–H and O–H groups in total. The van der Waals surface area contributed by atoms with Crippen molar-refractivity contribution in [3.63, 3.8) is 0 Å². The molecule has 2 aromatic rings. The fourth-order valence-electron chi connectivity index (χ4n) is 6.29. The molecular weight excluding hydrogens is 709 g/mol. The fourth-order valence-corrected chi connectivity index (χ4v) is 6.29. The summed E-state index contributed by atoms with van der Waals surface area (Å²) in [5.41, 5.74) is 2.89. The van der Waals surface area contributed by atoms with E-state index < -0.39 is 5.60 Å². The molecule has 0 radical (unpaired) electrons. The molecule has 2 aliphatic heterocycles. The summed E-state index contributed by atoms with van der Waals surface area (Å²) in [7, 11) is 4.03. The van der Waals surface area contributed by atoms with E-state index in [0.29, 0.717) is 51.2 Å². The van der Waals surface area contributed by atoms with Crippen LogP contribution < -0.4 is 4.74 Å². The Hall–Kier alpha value is -2.74. The van der Waals surface area contributed by atoms with Crippen LogP contribution in [0.1, 0.15) is 88.8 Å². The molecule has 1 aliphatic carbocycles. The minimum atomic E-state index is -0.482. The average Bonchev–Trinajstić information content (AvgIpc) is 3.10. The Labute approximate surface area is 322 Å². The van der Waals surface area contributed by atoms with Crippen LogP contribution in [0.3, 0.4) is 0 Å². The van der Waals surface area contributed by atoms with Crippen LogP contribution in [0, 0.1) is 0 Å². The van der Waals surface area contributed by atoms with Crippen LogP contribution in [0.2, 0.25) is 0 Å². The van der Waals surface area contributed by atoms with E-state index in [4.69, 9.17) is 24.1 Å². The molecule has 3 fully saturated rings. The predicted octanol–water partition coefficient (Wildman–Crippen LogP) is 6.06. The van der Waals surface area contributed by atoms with E-state index in [9.17, 15) is 9.59 Å². The van der Waals surface area contributed by atoms with Crippen LogP contribution in [0.15, 0.2) is 30.3 Å². The van der Waals surface area contributed by atoms with Crippen molar-refractivity contribution in [2.24, 2.45) is 0 Å². The Bertz CT molecular complexity index is 1360. The monoisotopic (exact) mass is 769 g/mol. The Morgan fingerprint density at radius 3 is 2.19 bits per heavy atom. The van der Waals surface area contributed by atoms with Gasteiger partial charge in [0.1, 0.15) is 11.4 Å². The van der Waals surface area contributed by atoms with E-state index in [1.165, 1.54) is 19.3 Å². The number of aryl methyl sites for hydroxylation is 1. The molecule has 2 amide bonds. The number of benzene rings is 1. The van der Waals surface area contributed by atoms with Gasteiger partial charge >= 0.3 is 6.09 Å². The molecule has 3 heterocycles. The standard InChI is InChI=1S/C28H40N4O3.C10H19NO4.2ClH/c1-4-5-11-26-25(21-12-14-23(15-13-21)35-22-9-7-6-8-10-22)18-27(30-29-26)28(33)32-16-17-34-24(20-32)19-31(2)3;1-10(2,3)15-9(13)11-4-5-14-8(6-11)7-12;;/h12-15,18,22,24H,4-11,16-17,19-20H2,1-3H3;8,12H,4-7H2,1-3H3;2*1H/t24-;8-;;/m01../s1. The highest BCUT2D eigenvalue weighted by atomic mass is 35.5. The number of hydrogen-bond donors (Lipinski definition) is 1. The first kappa shape index (κ1) is 45.4. The second-order valence-electron chi connectivity index (χ2n) is 14.7. The zero-order chi connectivity index (χ0) is 36.1. The molecule has 2 saturated heterocycles. The minimum Gasteiger partial charge on any atom is -0.490 e. The summed E-state index contributed by atoms with van der Waals surface area (Å²) in [5, 5.41) is 17.8. The quantitative estimate of drug-likeness (QED) is 0.305. The minimum absolute atomic E-state index is 0. The van der Waals surface area contributed by atoms with Crippen molar-refractivity contribution in [1.82, 2.24) is 24.9 Å². The topological polar surface area (TPSA) is 127 Å². The Balaban J connectivity index is 0.000000467. The third-order valence-electron chi connectivity index (χ3n) is 8.87. The lowest BCUT2D eigenvalue weighted by Gasteiger charge is -2.34. The molecule has 0 unspecified atom stereocenters. The van der Waals surface area contributed by atoms with Gasteiger partial charge in [-0.25, -0.2) is 4.79 Å². The number of morpholine rings is 2. The second kappa shape index (κ2) is 22.5. The lowest BCUT2D eigenvalue weighted by atomic mass is 9.97. The van der Waals surface area contributed by atoms with Crippen molar-refractivity contribution in [2.45, 2.75) is 103 Å². The van der Waals surface area contributed by atoms with Crippen LogP contribution in [-0.4, -0.2) is 133 Å². The third-order valence-corrected chi connectivity index (χ3v) is 8.87. The van der Waals surface area contributed by atoms with Crippen LogP contribution in [0.25, 0.3) is 11.1 Å². The SMILES string of the molecule is CC(C)(C)OC(=O)N1CCO[C@@H](CO)C1.CCCCc1nnc(C(=O)N2CCO[C@@H](CN(C)C)C2)cc1-c1ccc(OC2CCCCC2)cc1.Cl.Cl. The maximum absolute atomic E-state index is 13.3. The van der Waals surface area contributed by atoms with Crippen LogP contribution in [-0.2, 0) is 20.6 Å². The zero-order valence-corrected chi connectivity index (χ0v) is 33.5. The highest BCUT2D eigenvalue weighted by molar-refractivity contribution is 5.93. The summed E-state index contributed by atoms with van der Waals surface area (Å²) in [6, 6.07) is 10.2. The number of aromatic nitrogens is 2. The summed E-state index contributed by atoms with van der Waals surface area (Å²) >= 11 is 0. The van der Waals surface area contributed by atoms with Gasteiger partial charge in [0.2, 0.25) is 0 Å². The number of unbranched alkanes of at least 4 members (excludes halogenated alkanes) is 1. The molecule has 3 aliphatic rings. The van der Waals surface area contributed by atoms with Gasteiger partial charge in [-0.15, -0.1) is 29.9 Å². The normalized spacial score (nSPS) is 19.5. The van der Waals surface area contributed by atoms with Gasteiger partial charge in [0.25, 0.3) is 5.91 Å². The molecule has 12 nitrogen and oxygen atoms in total. The van der Waals surface area contributed by atoms with E-state index in [-0.39, 0.29) is 55.6 Å². The number of carbonyl (C=O) groups excluding carboxylic acids is 2. The Kier molecular flexibility index (Phi) is 19.6. The number of halogens is 2. The predicted molar refractivity (Wildman–Crippen MR) is 207 cm³/mol. The summed E-state index contributed by atoms with van der Waals surface area (Å²) in [6.07, 6.45) is 8.76. The Morgan fingerprint density at radius 1 is 0.942 bits per heavy atom. The Morgan fingerprint density at radius 2 is 1.58 bits per heavy atom. The molecule has 1 aromatic heterocycles. The van der Waals surface area contributed by atoms with Crippen molar-refractivity contribution < 1.29 is 33.6 Å². The highest BCUT2D eigenvalue weighted by Gasteiger charge is 2.29. The van der Waals surface area contributed by atoms with Gasteiger partial charge in [0.15, 0.2) is 5.69 Å². The number of ether oxygens (including phenoxy) is 4. The molecular formula is C38H61Cl2N5O7. The number of rotatable bonds is 10. The molecule has 1 aromatic carbocycles. The number of hydrogen-bond acceptors (Lipinski definition) is 10. The van der Waals surface area contributed by atoms with Gasteiger partial charge in [0.05, 0.1) is 50.4 Å². The van der Waals surface area contributed by atoms with Crippen molar-refractivity contribution in [3.8, 4) is 16.9 Å². The molecule has 52 heavy (non-hydrogen) atoms. The number of likely N-dealkylation sites (N-methyl/N-ethyl adjacent to an activating group) is 1. The fraction of sp³-hybridized carbons (Fsp3) is 0.684. The first-order chi connectivity index (χ1) is 24.0. The molecule has 5 rings (SSSR count). The van der Waals surface area contributed by atoms with E-state index >= 15 is 0 Å². The lowest BCUT2D eigenvalue weighted by Crippen LogP contribution is -2.49. The van der Waals surface area contributed by atoms with Crippen molar-refractivity contribution in [3.05, 3.63) is 41.7 Å². The van der Waals surface area contributed by atoms with E-state index in [2.05, 4.69) is 34.2 Å². The first-order valence-corrected chi connectivity index (χ1v) is 18.4. The number of nitrogens with zero attached hydrogens (tertiary/aromatic N) is 5. The van der Waals surface area contributed by atoms with Gasteiger partial charge in [-0.05, 0) is 97.2 Å². The van der Waals surface area contributed by atoms with E-state index in [0.717, 1.165) is 61.2 Å². The first-order valence-electron chi connectivity index (χ1n) is 18.4. The summed E-state index contributed by atoms with van der Waals surface area (Å²) < 4.78 is 22.5. The number of carbonyl (C=O) groups is 2. The number of aliphatic hydroxyl groups is 1. The summed E-state index contributed by atoms with van der Waals surface area (Å²) in [6.45, 7) is 11.4. The number of amides is 2. The second-order valence-corrected chi connectivity index (χ2v) is 14.7. The molecule has 2 atom stereocenters. The lowest BCUT2D eigenvalue weighted by molar-refractivity contribution is -0.0593. The van der Waals surface area contributed by atoms with Crippen molar-refractivity contribution in [1.29, 1.82) is 0 Å². The van der Waals surface area contributed by atoms with Crippen LogP contribution in [0.4, 0.5) is 4.79 Å². The smallest absolute Gasteiger partial charge is 0.410 e. The van der Waals surface area contributed by atoms with Crippen LogP contribution >= 0.6 is 24.8 Å². The zero-order valence-electron chi connectivity index (χ0n) is 31.9. The van der Waals surface area contributed by atoms with Gasteiger partial charge in [-0.3, -0.25) is 4.79 Å². The van der Waals surface area contributed by atoms with E-state index in [1.807, 2.05) is 58.0 Å². The largest absolute Gasteiger partial charge is 0.490 e. The summed E-state index contributed by atoms with van der Waals surface area (Å²) in [5.74, 6) is 0.833. The number of aliphatic hydroxyl groups excluding tert-OH is 1. The average molecular weight is 771 g/mol. The van der Waals surface area contributed by atoms with Gasteiger partial charge in [-0.1, -0.05) is 31.9 Å². The maximum atomic E-state index is 13.3. The van der Waals surface area contributed by atoms with Gasteiger partial charge in [0, 0.05) is 31.7 Å². The maximum Gasteiger partial charge on any atom is 0.410 e. The van der Waals surface area contributed by atoms with Crippen molar-refractivity contribution >= 4 is 36.8 Å². The molecule has 0 spiro atoms. The molecule has 1 saturated carbocycles. The van der Waals surface area contributed by atoms with Crippen molar-refractivity contribution in [2.75, 3.05) is 66.6 Å². The van der Waals surface area contributed by atoms with Gasteiger partial charge < -0.3 is 38.8 Å². The van der Waals surface area contributed by atoms with Crippen LogP contribution in [0.5, 0.6) is 5.75 Å².